The number of hydrogen-bond donors (Lipinski definition) is 3. The Morgan fingerprint density at radius 1 is 1.28 bits per heavy atom. The lowest BCUT2D eigenvalue weighted by atomic mass is 10.0. The van der Waals surface area contributed by atoms with Gasteiger partial charge in [0.05, 0.1) is 6.26 Å². The van der Waals surface area contributed by atoms with E-state index in [-0.39, 0.29) is 5.91 Å². The minimum Gasteiger partial charge on any atom is -0.459 e. The molecule has 3 heterocycles. The quantitative estimate of drug-likeness (QED) is 0.349. The van der Waals surface area contributed by atoms with Gasteiger partial charge in [0.1, 0.15) is 0 Å². The third kappa shape index (κ3) is 6.61. The van der Waals surface area contributed by atoms with Gasteiger partial charge in [-0.15, -0.1) is 0 Å². The maximum Gasteiger partial charge on any atom is 0.287 e. The zero-order valence-corrected chi connectivity index (χ0v) is 18.1. The number of nitrogens with one attached hydrogen (secondary N) is 3. The first-order valence-electron chi connectivity index (χ1n) is 10.2. The molecule has 8 heteroatoms. The Morgan fingerprint density at radius 3 is 2.72 bits per heavy atom. The van der Waals surface area contributed by atoms with Crippen LogP contribution in [-0.2, 0) is 6.54 Å². The third-order valence-corrected chi connectivity index (χ3v) is 5.87. The Kier molecular flexibility index (Phi) is 8.13. The molecular formula is C21H31N5O2S. The van der Waals surface area contributed by atoms with Crippen LogP contribution < -0.4 is 16.0 Å². The minimum absolute atomic E-state index is 0.163. The Bertz CT molecular complexity index is 779. The fourth-order valence-electron chi connectivity index (χ4n) is 3.45. The number of piperidine rings is 1. The SMILES string of the molecule is CN=C(NCCCNC(=O)c1occc1C)NC1CCN(Cc2ccsc2)CC1. The number of guanidine groups is 1. The predicted molar refractivity (Wildman–Crippen MR) is 118 cm³/mol. The lowest BCUT2D eigenvalue weighted by molar-refractivity contribution is 0.0925. The molecule has 0 saturated carbocycles. The molecule has 1 aliphatic rings. The molecule has 0 aliphatic carbocycles. The smallest absolute Gasteiger partial charge is 0.287 e. The van der Waals surface area contributed by atoms with Crippen LogP contribution in [0.2, 0.25) is 0 Å². The van der Waals surface area contributed by atoms with Crippen molar-refractivity contribution in [3.8, 4) is 0 Å². The first-order valence-corrected chi connectivity index (χ1v) is 11.1. The lowest BCUT2D eigenvalue weighted by Crippen LogP contribution is -2.48. The van der Waals surface area contributed by atoms with Crippen molar-refractivity contribution in [1.82, 2.24) is 20.9 Å². The van der Waals surface area contributed by atoms with Gasteiger partial charge in [-0.1, -0.05) is 0 Å². The molecule has 0 radical (unpaired) electrons. The van der Waals surface area contributed by atoms with Gasteiger partial charge in [0.2, 0.25) is 0 Å². The van der Waals surface area contributed by atoms with E-state index in [2.05, 4.69) is 42.7 Å². The van der Waals surface area contributed by atoms with Crippen molar-refractivity contribution in [3.05, 3.63) is 46.0 Å². The van der Waals surface area contributed by atoms with Crippen LogP contribution in [0.4, 0.5) is 0 Å². The monoisotopic (exact) mass is 417 g/mol. The summed E-state index contributed by atoms with van der Waals surface area (Å²) in [6.45, 7) is 6.44. The molecule has 7 nitrogen and oxygen atoms in total. The standard InChI is InChI=1S/C21H31N5O2S/c1-16-6-12-28-19(16)20(27)23-8-3-9-24-21(22-2)25-18-4-10-26(11-5-18)14-17-7-13-29-15-17/h6-7,12-13,15,18H,3-5,8-11,14H2,1-2H3,(H,23,27)(H2,22,24,25). The number of furan rings is 1. The molecule has 2 aromatic heterocycles. The number of aliphatic imine (C=N–C) groups is 1. The van der Waals surface area contributed by atoms with Gasteiger partial charge in [0, 0.05) is 51.4 Å². The predicted octanol–water partition coefficient (Wildman–Crippen LogP) is 2.60. The van der Waals surface area contributed by atoms with Crippen molar-refractivity contribution in [2.75, 3.05) is 33.2 Å². The Labute approximate surface area is 176 Å². The van der Waals surface area contributed by atoms with Gasteiger partial charge < -0.3 is 20.4 Å². The molecule has 0 bridgehead atoms. The zero-order valence-electron chi connectivity index (χ0n) is 17.2. The van der Waals surface area contributed by atoms with E-state index in [1.165, 1.54) is 11.8 Å². The Balaban J connectivity index is 1.29. The van der Waals surface area contributed by atoms with Crippen LogP contribution in [-0.4, -0.2) is 56.0 Å². The van der Waals surface area contributed by atoms with E-state index in [0.29, 0.717) is 18.3 Å². The second-order valence-corrected chi connectivity index (χ2v) is 8.15. The molecule has 2 aromatic rings. The van der Waals surface area contributed by atoms with Crippen molar-refractivity contribution >= 4 is 23.2 Å². The van der Waals surface area contributed by atoms with Gasteiger partial charge in [-0.05, 0) is 54.6 Å². The van der Waals surface area contributed by atoms with Gasteiger partial charge in [0.25, 0.3) is 5.91 Å². The number of aryl methyl sites for hydroxylation is 1. The highest BCUT2D eigenvalue weighted by Gasteiger charge is 2.20. The highest BCUT2D eigenvalue weighted by molar-refractivity contribution is 7.07. The Hall–Kier alpha value is -2.32. The average Bonchev–Trinajstić information content (AvgIpc) is 3.39. The van der Waals surface area contributed by atoms with Gasteiger partial charge in [0.15, 0.2) is 11.7 Å². The summed E-state index contributed by atoms with van der Waals surface area (Å²) in [6.07, 6.45) is 4.58. The fourth-order valence-corrected chi connectivity index (χ4v) is 4.11. The summed E-state index contributed by atoms with van der Waals surface area (Å²) in [5.74, 6) is 1.06. The topological polar surface area (TPSA) is 81.9 Å². The van der Waals surface area contributed by atoms with Crippen LogP contribution in [0.3, 0.4) is 0 Å². The summed E-state index contributed by atoms with van der Waals surface area (Å²) in [4.78, 5) is 18.8. The molecule has 0 unspecified atom stereocenters. The van der Waals surface area contributed by atoms with Crippen LogP contribution in [0, 0.1) is 6.92 Å². The fraction of sp³-hybridized carbons (Fsp3) is 0.524. The number of carbonyl (C=O) groups is 1. The summed E-state index contributed by atoms with van der Waals surface area (Å²) in [7, 11) is 1.79. The number of nitrogens with zero attached hydrogens (tertiary/aromatic N) is 2. The molecule has 1 aliphatic heterocycles. The van der Waals surface area contributed by atoms with E-state index in [9.17, 15) is 4.79 Å². The number of thiophene rings is 1. The second kappa shape index (κ2) is 11.0. The molecule has 1 amide bonds. The van der Waals surface area contributed by atoms with Crippen molar-refractivity contribution in [3.63, 3.8) is 0 Å². The van der Waals surface area contributed by atoms with Crippen LogP contribution in [0.5, 0.6) is 0 Å². The van der Waals surface area contributed by atoms with Gasteiger partial charge in [-0.25, -0.2) is 0 Å². The van der Waals surface area contributed by atoms with E-state index in [0.717, 1.165) is 57.0 Å². The van der Waals surface area contributed by atoms with Crippen molar-refractivity contribution in [2.24, 2.45) is 4.99 Å². The molecule has 1 saturated heterocycles. The molecule has 0 aromatic carbocycles. The van der Waals surface area contributed by atoms with E-state index < -0.39 is 0 Å². The van der Waals surface area contributed by atoms with E-state index in [1.54, 1.807) is 24.5 Å². The largest absolute Gasteiger partial charge is 0.459 e. The molecular weight excluding hydrogens is 386 g/mol. The normalized spacial score (nSPS) is 16.0. The minimum atomic E-state index is -0.163. The van der Waals surface area contributed by atoms with Crippen LogP contribution in [0.1, 0.15) is 40.9 Å². The van der Waals surface area contributed by atoms with Gasteiger partial charge >= 0.3 is 0 Å². The summed E-state index contributed by atoms with van der Waals surface area (Å²) >= 11 is 1.76. The van der Waals surface area contributed by atoms with Crippen molar-refractivity contribution in [1.29, 1.82) is 0 Å². The number of rotatable bonds is 8. The van der Waals surface area contributed by atoms with E-state index in [1.807, 2.05) is 6.92 Å². The molecule has 29 heavy (non-hydrogen) atoms. The second-order valence-electron chi connectivity index (χ2n) is 7.37. The third-order valence-electron chi connectivity index (χ3n) is 5.14. The van der Waals surface area contributed by atoms with Crippen molar-refractivity contribution < 1.29 is 9.21 Å². The summed E-state index contributed by atoms with van der Waals surface area (Å²) < 4.78 is 5.20. The van der Waals surface area contributed by atoms with E-state index >= 15 is 0 Å². The number of hydrogen-bond acceptors (Lipinski definition) is 5. The molecule has 3 rings (SSSR count). The number of likely N-dealkylation sites (tertiary alicyclic amines) is 1. The van der Waals surface area contributed by atoms with Crippen LogP contribution >= 0.6 is 11.3 Å². The average molecular weight is 418 g/mol. The van der Waals surface area contributed by atoms with Gasteiger partial charge in [-0.3, -0.25) is 14.7 Å². The molecule has 0 atom stereocenters. The molecule has 1 fully saturated rings. The first-order chi connectivity index (χ1) is 14.2. The first kappa shape index (κ1) is 21.4. The van der Waals surface area contributed by atoms with Crippen molar-refractivity contribution in [2.45, 2.75) is 38.8 Å². The number of carbonyl (C=O) groups excluding carboxylic acids is 1. The summed E-state index contributed by atoms with van der Waals surface area (Å²) in [5, 5.41) is 14.1. The maximum atomic E-state index is 12.0. The lowest BCUT2D eigenvalue weighted by Gasteiger charge is -2.32. The van der Waals surface area contributed by atoms with E-state index in [4.69, 9.17) is 4.42 Å². The molecule has 0 spiro atoms. The number of amides is 1. The van der Waals surface area contributed by atoms with Crippen LogP contribution in [0.15, 0.2) is 38.6 Å². The molecule has 158 valence electrons. The van der Waals surface area contributed by atoms with Gasteiger partial charge in [-0.2, -0.15) is 11.3 Å². The summed E-state index contributed by atoms with van der Waals surface area (Å²) in [5.41, 5.74) is 2.26. The highest BCUT2D eigenvalue weighted by Crippen LogP contribution is 2.15. The Morgan fingerprint density at radius 2 is 2.07 bits per heavy atom. The summed E-state index contributed by atoms with van der Waals surface area (Å²) in [6, 6.07) is 4.44. The highest BCUT2D eigenvalue weighted by atomic mass is 32.1. The zero-order chi connectivity index (χ0) is 20.5. The van der Waals surface area contributed by atoms with Crippen LogP contribution in [0.25, 0.3) is 0 Å². The maximum absolute atomic E-state index is 12.0. The molecule has 3 N–H and O–H groups in total.